The summed E-state index contributed by atoms with van der Waals surface area (Å²) in [5.74, 6) is 0.0719. The Balaban J connectivity index is 2.02. The summed E-state index contributed by atoms with van der Waals surface area (Å²) in [6.45, 7) is 0. The molecular formula is C16H16N4O. The molecule has 3 aromatic rings. The van der Waals surface area contributed by atoms with Gasteiger partial charge in [-0.15, -0.1) is 0 Å². The first-order chi connectivity index (χ1) is 10.1. The van der Waals surface area contributed by atoms with Gasteiger partial charge < -0.3 is 9.88 Å². The van der Waals surface area contributed by atoms with Crippen molar-refractivity contribution in [3.05, 3.63) is 48.5 Å². The van der Waals surface area contributed by atoms with Gasteiger partial charge >= 0.3 is 0 Å². The highest BCUT2D eigenvalue weighted by Crippen LogP contribution is 2.24. The molecule has 0 aromatic carbocycles. The highest BCUT2D eigenvalue weighted by Gasteiger charge is 2.12. The van der Waals surface area contributed by atoms with E-state index in [0.29, 0.717) is 6.42 Å². The first-order valence-corrected chi connectivity index (χ1v) is 6.71. The second-order valence-electron chi connectivity index (χ2n) is 5.14. The highest BCUT2D eigenvalue weighted by molar-refractivity contribution is 5.89. The minimum Gasteiger partial charge on any atom is -0.349 e. The molecule has 0 aliphatic carbocycles. The van der Waals surface area contributed by atoms with E-state index in [4.69, 9.17) is 0 Å². The van der Waals surface area contributed by atoms with Crippen molar-refractivity contribution in [2.45, 2.75) is 6.42 Å². The number of aromatic nitrogens is 3. The van der Waals surface area contributed by atoms with E-state index in [2.05, 4.69) is 15.0 Å². The molecule has 0 saturated heterocycles. The van der Waals surface area contributed by atoms with E-state index in [1.807, 2.05) is 30.6 Å². The van der Waals surface area contributed by atoms with Gasteiger partial charge in [0, 0.05) is 55.4 Å². The molecular weight excluding hydrogens is 264 g/mol. The number of aromatic amines is 1. The predicted molar refractivity (Wildman–Crippen MR) is 81.7 cm³/mol. The van der Waals surface area contributed by atoms with Crippen LogP contribution < -0.4 is 0 Å². The Morgan fingerprint density at radius 1 is 1.29 bits per heavy atom. The van der Waals surface area contributed by atoms with Gasteiger partial charge in [0.25, 0.3) is 0 Å². The Morgan fingerprint density at radius 3 is 2.86 bits per heavy atom. The summed E-state index contributed by atoms with van der Waals surface area (Å²) in [4.78, 5) is 25.1. The number of likely N-dealkylation sites (N-methyl/N-ethyl adjacent to an activating group) is 1. The summed E-state index contributed by atoms with van der Waals surface area (Å²) in [5.41, 5.74) is 3.76. The first kappa shape index (κ1) is 13.3. The summed E-state index contributed by atoms with van der Waals surface area (Å²) in [6.07, 6.45) is 7.58. The van der Waals surface area contributed by atoms with Crippen molar-refractivity contribution in [3.63, 3.8) is 0 Å². The van der Waals surface area contributed by atoms with Crippen molar-refractivity contribution in [2.24, 2.45) is 0 Å². The lowest BCUT2D eigenvalue weighted by Crippen LogP contribution is -2.23. The Bertz CT molecular complexity index is 777. The fraction of sp³-hybridized carbons (Fsp3) is 0.188. The van der Waals surface area contributed by atoms with Gasteiger partial charge in [0.05, 0.1) is 6.42 Å². The minimum atomic E-state index is 0.0719. The average molecular weight is 280 g/mol. The lowest BCUT2D eigenvalue weighted by molar-refractivity contribution is -0.127. The normalized spacial score (nSPS) is 10.8. The number of H-pyrrole nitrogens is 1. The maximum Gasteiger partial charge on any atom is 0.226 e. The van der Waals surface area contributed by atoms with E-state index in [0.717, 1.165) is 27.7 Å². The number of nitrogens with zero attached hydrogens (tertiary/aromatic N) is 3. The van der Waals surface area contributed by atoms with Gasteiger partial charge in [-0.25, -0.2) is 4.98 Å². The first-order valence-electron chi connectivity index (χ1n) is 6.71. The summed E-state index contributed by atoms with van der Waals surface area (Å²) >= 11 is 0. The largest absolute Gasteiger partial charge is 0.349 e. The Kier molecular flexibility index (Phi) is 3.39. The van der Waals surface area contributed by atoms with Crippen molar-refractivity contribution in [2.75, 3.05) is 14.1 Å². The molecule has 1 amide bonds. The van der Waals surface area contributed by atoms with E-state index in [9.17, 15) is 4.79 Å². The molecule has 0 saturated carbocycles. The molecule has 5 nitrogen and oxygen atoms in total. The van der Waals surface area contributed by atoms with Crippen LogP contribution in [0.1, 0.15) is 5.56 Å². The van der Waals surface area contributed by atoms with Crippen molar-refractivity contribution in [3.8, 4) is 11.1 Å². The summed E-state index contributed by atoms with van der Waals surface area (Å²) in [7, 11) is 3.52. The Labute approximate surface area is 122 Å². The number of fused-ring (bicyclic) bond motifs is 1. The summed E-state index contributed by atoms with van der Waals surface area (Å²) in [5, 5.41) is 0.978. The maximum atomic E-state index is 11.9. The number of pyridine rings is 2. The van der Waals surface area contributed by atoms with Gasteiger partial charge in [-0.2, -0.15) is 0 Å². The second kappa shape index (κ2) is 5.36. The number of hydrogen-bond donors (Lipinski definition) is 1. The van der Waals surface area contributed by atoms with E-state index in [1.54, 1.807) is 31.4 Å². The van der Waals surface area contributed by atoms with E-state index < -0.39 is 0 Å². The predicted octanol–water partition coefficient (Wildman–Crippen LogP) is 2.26. The standard InChI is InChI=1S/C16H16N4O/c1-20(2)15(21)7-13-10-19-16-14(13)6-12(9-18-16)11-4-3-5-17-8-11/h3-6,8-10H,7H2,1-2H3,(H,18,19). The van der Waals surface area contributed by atoms with E-state index >= 15 is 0 Å². The van der Waals surface area contributed by atoms with Crippen molar-refractivity contribution >= 4 is 16.9 Å². The van der Waals surface area contributed by atoms with Crippen molar-refractivity contribution < 1.29 is 4.79 Å². The lowest BCUT2D eigenvalue weighted by atomic mass is 10.1. The molecule has 0 bridgehead atoms. The molecule has 5 heteroatoms. The summed E-state index contributed by atoms with van der Waals surface area (Å²) < 4.78 is 0. The molecule has 3 rings (SSSR count). The van der Waals surface area contributed by atoms with Crippen LogP contribution in [0.5, 0.6) is 0 Å². The third-order valence-corrected chi connectivity index (χ3v) is 3.45. The molecule has 0 radical (unpaired) electrons. The van der Waals surface area contributed by atoms with Crippen LogP contribution in [-0.4, -0.2) is 39.9 Å². The third-order valence-electron chi connectivity index (χ3n) is 3.45. The number of carbonyl (C=O) groups is 1. The Morgan fingerprint density at radius 2 is 2.14 bits per heavy atom. The number of hydrogen-bond acceptors (Lipinski definition) is 3. The zero-order valence-corrected chi connectivity index (χ0v) is 12.0. The molecule has 0 aliphatic rings. The molecule has 0 spiro atoms. The van der Waals surface area contributed by atoms with Crippen LogP contribution in [0.4, 0.5) is 0 Å². The van der Waals surface area contributed by atoms with Crippen LogP contribution in [0.3, 0.4) is 0 Å². The fourth-order valence-corrected chi connectivity index (χ4v) is 2.22. The van der Waals surface area contributed by atoms with Crippen LogP contribution in [0.25, 0.3) is 22.2 Å². The lowest BCUT2D eigenvalue weighted by Gasteiger charge is -2.09. The van der Waals surface area contributed by atoms with Gasteiger partial charge in [-0.3, -0.25) is 9.78 Å². The zero-order valence-electron chi connectivity index (χ0n) is 12.0. The third kappa shape index (κ3) is 2.63. The molecule has 21 heavy (non-hydrogen) atoms. The Hall–Kier alpha value is -2.69. The maximum absolute atomic E-state index is 11.9. The molecule has 0 unspecified atom stereocenters. The molecule has 3 aromatic heterocycles. The van der Waals surface area contributed by atoms with Gasteiger partial charge in [0.2, 0.25) is 5.91 Å². The van der Waals surface area contributed by atoms with Gasteiger partial charge in [-0.1, -0.05) is 6.07 Å². The van der Waals surface area contributed by atoms with Gasteiger partial charge in [0.15, 0.2) is 0 Å². The van der Waals surface area contributed by atoms with Crippen LogP contribution in [-0.2, 0) is 11.2 Å². The molecule has 0 fully saturated rings. The van der Waals surface area contributed by atoms with Crippen molar-refractivity contribution in [1.29, 1.82) is 0 Å². The molecule has 0 aliphatic heterocycles. The molecule has 106 valence electrons. The van der Waals surface area contributed by atoms with E-state index in [-0.39, 0.29) is 5.91 Å². The molecule has 1 N–H and O–H groups in total. The quantitative estimate of drug-likeness (QED) is 0.800. The topological polar surface area (TPSA) is 61.9 Å². The van der Waals surface area contributed by atoms with Gasteiger partial charge in [-0.05, 0) is 17.7 Å². The average Bonchev–Trinajstić information content (AvgIpc) is 2.90. The van der Waals surface area contributed by atoms with Crippen LogP contribution in [0.15, 0.2) is 43.0 Å². The number of carbonyl (C=O) groups excluding carboxylic acids is 1. The number of nitrogens with one attached hydrogen (secondary N) is 1. The number of amides is 1. The summed E-state index contributed by atoms with van der Waals surface area (Å²) in [6, 6.07) is 5.94. The zero-order chi connectivity index (χ0) is 14.8. The SMILES string of the molecule is CN(C)C(=O)Cc1c[nH]c2ncc(-c3cccnc3)cc12. The van der Waals surface area contributed by atoms with E-state index in [1.165, 1.54) is 0 Å². The number of rotatable bonds is 3. The van der Waals surface area contributed by atoms with Gasteiger partial charge in [0.1, 0.15) is 5.65 Å². The second-order valence-corrected chi connectivity index (χ2v) is 5.14. The van der Waals surface area contributed by atoms with Crippen LogP contribution in [0.2, 0.25) is 0 Å². The monoisotopic (exact) mass is 280 g/mol. The van der Waals surface area contributed by atoms with Crippen LogP contribution in [0, 0.1) is 0 Å². The highest BCUT2D eigenvalue weighted by atomic mass is 16.2. The molecule has 0 atom stereocenters. The fourth-order valence-electron chi connectivity index (χ4n) is 2.22. The minimum absolute atomic E-state index is 0.0719. The molecule has 3 heterocycles. The smallest absolute Gasteiger partial charge is 0.226 e. The van der Waals surface area contributed by atoms with Crippen LogP contribution >= 0.6 is 0 Å². The van der Waals surface area contributed by atoms with Crippen molar-refractivity contribution in [1.82, 2.24) is 19.9 Å².